The first kappa shape index (κ1) is 16.7. The van der Waals surface area contributed by atoms with Crippen LogP contribution in [0.15, 0.2) is 57.8 Å². The van der Waals surface area contributed by atoms with Gasteiger partial charge in [0.15, 0.2) is 5.58 Å². The van der Waals surface area contributed by atoms with E-state index >= 15 is 0 Å². The van der Waals surface area contributed by atoms with Crippen molar-refractivity contribution in [2.24, 2.45) is 5.92 Å². The molecule has 0 spiro atoms. The van der Waals surface area contributed by atoms with Crippen molar-refractivity contribution in [1.82, 2.24) is 4.98 Å². The van der Waals surface area contributed by atoms with Crippen LogP contribution in [0.1, 0.15) is 12.8 Å². The van der Waals surface area contributed by atoms with E-state index in [1.165, 1.54) is 4.90 Å². The molecule has 1 fully saturated rings. The van der Waals surface area contributed by atoms with E-state index in [2.05, 4.69) is 22.0 Å². The van der Waals surface area contributed by atoms with Gasteiger partial charge in [0.2, 0.25) is 5.91 Å². The number of hydrogen-bond donors (Lipinski definition) is 0. The van der Waals surface area contributed by atoms with Gasteiger partial charge < -0.3 is 14.2 Å². The fourth-order valence-corrected chi connectivity index (χ4v) is 4.93. The maximum atomic E-state index is 13.2. The second kappa shape index (κ2) is 6.93. The minimum atomic E-state index is 0.0711. The summed E-state index contributed by atoms with van der Waals surface area (Å²) in [6, 6.07) is 16.7. The van der Waals surface area contributed by atoms with Crippen LogP contribution in [0.25, 0.3) is 11.1 Å². The lowest BCUT2D eigenvalue weighted by Gasteiger charge is -2.35. The van der Waals surface area contributed by atoms with Gasteiger partial charge in [-0.2, -0.15) is 4.98 Å². The van der Waals surface area contributed by atoms with Crippen molar-refractivity contribution in [2.45, 2.75) is 17.7 Å². The number of carbonyl (C=O) groups is 1. The van der Waals surface area contributed by atoms with Crippen LogP contribution in [0.4, 0.5) is 11.7 Å². The Labute approximate surface area is 162 Å². The van der Waals surface area contributed by atoms with E-state index in [-0.39, 0.29) is 11.8 Å². The van der Waals surface area contributed by atoms with Gasteiger partial charge in [-0.15, -0.1) is 11.8 Å². The number of rotatable bonds is 2. The number of anilines is 2. The molecule has 2 aliphatic rings. The zero-order valence-electron chi connectivity index (χ0n) is 15.0. The van der Waals surface area contributed by atoms with Crippen molar-refractivity contribution in [3.63, 3.8) is 0 Å². The number of hydrogen-bond acceptors (Lipinski definition) is 5. The molecule has 0 radical (unpaired) electrons. The third-order valence-electron chi connectivity index (χ3n) is 5.39. The highest BCUT2D eigenvalue weighted by molar-refractivity contribution is 7.99. The van der Waals surface area contributed by atoms with Gasteiger partial charge in [-0.05, 0) is 37.1 Å². The molecule has 1 amide bonds. The van der Waals surface area contributed by atoms with Crippen LogP contribution in [0.5, 0.6) is 0 Å². The second-order valence-electron chi connectivity index (χ2n) is 7.03. The van der Waals surface area contributed by atoms with Gasteiger partial charge in [0.25, 0.3) is 6.01 Å². The summed E-state index contributed by atoms with van der Waals surface area (Å²) in [7, 11) is 0. The van der Waals surface area contributed by atoms with Gasteiger partial charge in [-0.25, -0.2) is 0 Å². The predicted molar refractivity (Wildman–Crippen MR) is 108 cm³/mol. The Balaban J connectivity index is 1.28. The van der Waals surface area contributed by atoms with Gasteiger partial charge in [-0.1, -0.05) is 24.3 Å². The Morgan fingerprint density at radius 1 is 1.04 bits per heavy atom. The molecule has 1 saturated heterocycles. The van der Waals surface area contributed by atoms with Gasteiger partial charge in [0.1, 0.15) is 5.52 Å². The molecule has 3 heterocycles. The van der Waals surface area contributed by atoms with Crippen LogP contribution in [0.2, 0.25) is 0 Å². The molecule has 0 aliphatic carbocycles. The standard InChI is InChI=1S/C21H21N3O2S/c25-20(24-13-14-27-19-8-4-2-6-17(19)24)15-9-11-23(12-10-15)21-22-16-5-1-3-7-18(16)26-21/h1-8,15H,9-14H2. The van der Waals surface area contributed by atoms with Gasteiger partial charge in [-0.3, -0.25) is 4.79 Å². The molecular weight excluding hydrogens is 358 g/mol. The number of thioether (sulfide) groups is 1. The molecule has 2 aliphatic heterocycles. The summed E-state index contributed by atoms with van der Waals surface area (Å²) in [5.74, 6) is 1.30. The number of para-hydroxylation sites is 3. The molecule has 0 atom stereocenters. The van der Waals surface area contributed by atoms with Crippen LogP contribution in [-0.2, 0) is 4.79 Å². The third-order valence-corrected chi connectivity index (χ3v) is 6.43. The zero-order chi connectivity index (χ0) is 18.2. The first-order valence-corrected chi connectivity index (χ1v) is 10.4. The van der Waals surface area contributed by atoms with E-state index in [1.54, 1.807) is 0 Å². The lowest BCUT2D eigenvalue weighted by Crippen LogP contribution is -2.44. The first-order chi connectivity index (χ1) is 13.3. The molecule has 5 rings (SSSR count). The number of nitrogens with zero attached hydrogens (tertiary/aromatic N) is 3. The largest absolute Gasteiger partial charge is 0.423 e. The highest BCUT2D eigenvalue weighted by Crippen LogP contribution is 2.36. The Bertz CT molecular complexity index is 945. The van der Waals surface area contributed by atoms with Gasteiger partial charge in [0.05, 0.1) is 5.69 Å². The summed E-state index contributed by atoms with van der Waals surface area (Å²) in [4.78, 5) is 23.1. The predicted octanol–water partition coefficient (Wildman–Crippen LogP) is 4.18. The summed E-state index contributed by atoms with van der Waals surface area (Å²) in [5, 5.41) is 0. The minimum absolute atomic E-state index is 0.0711. The zero-order valence-corrected chi connectivity index (χ0v) is 15.8. The van der Waals surface area contributed by atoms with E-state index in [4.69, 9.17) is 4.42 Å². The molecule has 1 aromatic heterocycles. The topological polar surface area (TPSA) is 49.6 Å². The first-order valence-electron chi connectivity index (χ1n) is 9.43. The second-order valence-corrected chi connectivity index (χ2v) is 8.17. The summed E-state index contributed by atoms with van der Waals surface area (Å²) in [6.07, 6.45) is 1.67. The monoisotopic (exact) mass is 379 g/mol. The number of piperidine rings is 1. The molecule has 0 unspecified atom stereocenters. The van der Waals surface area contributed by atoms with Crippen molar-refractivity contribution >= 4 is 40.5 Å². The summed E-state index contributed by atoms with van der Waals surface area (Å²) in [6.45, 7) is 2.40. The lowest BCUT2D eigenvalue weighted by molar-refractivity contribution is -0.123. The molecule has 138 valence electrons. The molecule has 2 aromatic carbocycles. The number of aromatic nitrogens is 1. The van der Waals surface area contributed by atoms with Crippen molar-refractivity contribution in [3.8, 4) is 0 Å². The Hall–Kier alpha value is -2.47. The number of fused-ring (bicyclic) bond motifs is 2. The quantitative estimate of drug-likeness (QED) is 0.668. The van der Waals surface area contributed by atoms with Crippen molar-refractivity contribution in [1.29, 1.82) is 0 Å². The smallest absolute Gasteiger partial charge is 0.298 e. The summed E-state index contributed by atoms with van der Waals surface area (Å²) >= 11 is 1.83. The van der Waals surface area contributed by atoms with Crippen LogP contribution in [0.3, 0.4) is 0 Å². The average Bonchev–Trinajstić information content (AvgIpc) is 3.17. The van der Waals surface area contributed by atoms with Crippen molar-refractivity contribution in [3.05, 3.63) is 48.5 Å². The van der Waals surface area contributed by atoms with E-state index in [1.807, 2.05) is 53.1 Å². The highest BCUT2D eigenvalue weighted by Gasteiger charge is 2.32. The highest BCUT2D eigenvalue weighted by atomic mass is 32.2. The van der Waals surface area contributed by atoms with E-state index in [0.29, 0.717) is 6.01 Å². The normalized spacial score (nSPS) is 17.9. The summed E-state index contributed by atoms with van der Waals surface area (Å²) in [5.41, 5.74) is 2.77. The number of carbonyl (C=O) groups excluding carboxylic acids is 1. The van der Waals surface area contributed by atoms with E-state index in [9.17, 15) is 4.79 Å². The maximum Gasteiger partial charge on any atom is 0.298 e. The fraction of sp³-hybridized carbons (Fsp3) is 0.333. The van der Waals surface area contributed by atoms with E-state index in [0.717, 1.165) is 55.0 Å². The van der Waals surface area contributed by atoms with Crippen LogP contribution in [-0.4, -0.2) is 36.3 Å². The number of benzene rings is 2. The van der Waals surface area contributed by atoms with E-state index < -0.39 is 0 Å². The molecule has 5 nitrogen and oxygen atoms in total. The third kappa shape index (κ3) is 3.08. The van der Waals surface area contributed by atoms with Crippen LogP contribution < -0.4 is 9.80 Å². The Morgan fingerprint density at radius 2 is 1.81 bits per heavy atom. The van der Waals surface area contributed by atoms with Crippen molar-refractivity contribution in [2.75, 3.05) is 35.2 Å². The maximum absolute atomic E-state index is 13.2. The summed E-state index contributed by atoms with van der Waals surface area (Å²) < 4.78 is 5.88. The average molecular weight is 379 g/mol. The Morgan fingerprint density at radius 3 is 2.67 bits per heavy atom. The number of oxazole rings is 1. The van der Waals surface area contributed by atoms with Gasteiger partial charge >= 0.3 is 0 Å². The molecule has 0 bridgehead atoms. The molecule has 3 aromatic rings. The Kier molecular flexibility index (Phi) is 4.28. The molecule has 6 heteroatoms. The van der Waals surface area contributed by atoms with Crippen LogP contribution in [0, 0.1) is 5.92 Å². The molecule has 0 saturated carbocycles. The van der Waals surface area contributed by atoms with Crippen LogP contribution >= 0.6 is 11.8 Å². The minimum Gasteiger partial charge on any atom is -0.423 e. The molecular formula is C21H21N3O2S. The lowest BCUT2D eigenvalue weighted by atomic mass is 9.95. The molecule has 27 heavy (non-hydrogen) atoms. The SMILES string of the molecule is O=C(C1CCN(c2nc3ccccc3o2)CC1)N1CCSc2ccccc21. The van der Waals surface area contributed by atoms with Crippen molar-refractivity contribution < 1.29 is 9.21 Å². The number of amides is 1. The van der Waals surface area contributed by atoms with Gasteiger partial charge in [0, 0.05) is 36.2 Å². The molecule has 0 N–H and O–H groups in total. The fourth-order valence-electron chi connectivity index (χ4n) is 3.93.